The third-order valence-electron chi connectivity index (χ3n) is 8.90. The zero-order chi connectivity index (χ0) is 30.4. The van der Waals surface area contributed by atoms with E-state index in [4.69, 9.17) is 29.2 Å². The van der Waals surface area contributed by atoms with E-state index in [1.807, 2.05) is 17.4 Å². The lowest BCUT2D eigenvalue weighted by atomic mass is 9.47. The van der Waals surface area contributed by atoms with Gasteiger partial charge in [0.25, 0.3) is 5.91 Å². The molecule has 4 N–H and O–H groups in total. The van der Waals surface area contributed by atoms with Gasteiger partial charge in [-0.05, 0) is 56.2 Å². The number of carboxylic acids is 2. The van der Waals surface area contributed by atoms with Crippen molar-refractivity contribution in [2.24, 2.45) is 5.92 Å². The number of aliphatic hydroxyl groups is 1. The number of nitrogens with one attached hydrogen (secondary N) is 1. The van der Waals surface area contributed by atoms with Crippen molar-refractivity contribution in [1.82, 2.24) is 5.32 Å². The average Bonchev–Trinajstić information content (AvgIpc) is 3.27. The summed E-state index contributed by atoms with van der Waals surface area (Å²) in [5.74, 6) is -4.25. The summed E-state index contributed by atoms with van der Waals surface area (Å²) < 4.78 is 22.7. The Kier molecular flexibility index (Phi) is 7.64. The minimum absolute atomic E-state index is 0.0292. The lowest BCUT2D eigenvalue weighted by Gasteiger charge is -2.59. The molecule has 1 amide bonds. The number of esters is 2. The zero-order valence-electron chi connectivity index (χ0n) is 23.2. The third-order valence-corrected chi connectivity index (χ3v) is 8.90. The van der Waals surface area contributed by atoms with Gasteiger partial charge in [0, 0.05) is 5.56 Å². The van der Waals surface area contributed by atoms with E-state index in [1.54, 1.807) is 13.2 Å². The van der Waals surface area contributed by atoms with Crippen LogP contribution in [0.1, 0.15) is 63.0 Å². The summed E-state index contributed by atoms with van der Waals surface area (Å²) in [4.78, 5) is 59.3. The Bertz CT molecular complexity index is 1370. The summed E-state index contributed by atoms with van der Waals surface area (Å²) in [5, 5.41) is 32.0. The van der Waals surface area contributed by atoms with E-state index in [1.165, 1.54) is 6.92 Å². The van der Waals surface area contributed by atoms with Crippen LogP contribution in [0.15, 0.2) is 24.0 Å². The molecule has 1 aromatic rings. The molecule has 0 aromatic heterocycles. The monoisotopic (exact) mass is 587 g/mol. The molecule has 0 radical (unpaired) electrons. The van der Waals surface area contributed by atoms with Crippen molar-refractivity contribution >= 4 is 29.8 Å². The Morgan fingerprint density at radius 3 is 2.57 bits per heavy atom. The molecule has 42 heavy (non-hydrogen) atoms. The molecular weight excluding hydrogens is 554 g/mol. The highest BCUT2D eigenvalue weighted by atomic mass is 16.6. The summed E-state index contributed by atoms with van der Waals surface area (Å²) in [6.45, 7) is 1.19. The fraction of sp³-hybridized carbons (Fsp3) is 0.552. The summed E-state index contributed by atoms with van der Waals surface area (Å²) in [6, 6.07) is 2.16. The molecule has 4 aliphatic rings. The van der Waals surface area contributed by atoms with Gasteiger partial charge in [0.2, 0.25) is 0 Å². The summed E-state index contributed by atoms with van der Waals surface area (Å²) in [7, 11) is 1.54. The van der Waals surface area contributed by atoms with E-state index in [0.717, 1.165) is 30.4 Å². The molecule has 3 aliphatic carbocycles. The molecular formula is C29H33NO12. The summed E-state index contributed by atoms with van der Waals surface area (Å²) in [6.07, 6.45) is 1.25. The number of benzene rings is 1. The highest BCUT2D eigenvalue weighted by Gasteiger charge is 2.70. The molecule has 1 aromatic carbocycles. The van der Waals surface area contributed by atoms with Crippen LogP contribution >= 0.6 is 0 Å². The molecule has 1 aliphatic heterocycles. The maximum atomic E-state index is 12.8. The minimum Gasteiger partial charge on any atom is -0.493 e. The quantitative estimate of drug-likeness (QED) is 0.272. The lowest BCUT2D eigenvalue weighted by Crippen LogP contribution is -2.67. The number of aliphatic carboxylic acids is 2. The van der Waals surface area contributed by atoms with Gasteiger partial charge in [-0.25, -0.2) is 4.79 Å². The molecule has 13 heteroatoms. The van der Waals surface area contributed by atoms with Crippen LogP contribution in [0.4, 0.5) is 0 Å². The van der Waals surface area contributed by atoms with Crippen LogP contribution in [0.2, 0.25) is 0 Å². The van der Waals surface area contributed by atoms with Crippen LogP contribution in [0.25, 0.3) is 0 Å². The molecule has 13 nitrogen and oxygen atoms in total. The molecule has 5 rings (SSSR count). The van der Waals surface area contributed by atoms with Crippen LogP contribution in [0.5, 0.6) is 11.5 Å². The van der Waals surface area contributed by atoms with E-state index in [2.05, 4.69) is 0 Å². The number of amides is 1. The van der Waals surface area contributed by atoms with Gasteiger partial charge in [-0.3, -0.25) is 19.2 Å². The summed E-state index contributed by atoms with van der Waals surface area (Å²) in [5.41, 5.74) is 0.139. The van der Waals surface area contributed by atoms with Crippen molar-refractivity contribution in [3.8, 4) is 11.5 Å². The van der Waals surface area contributed by atoms with Gasteiger partial charge in [-0.15, -0.1) is 0 Å². The molecule has 2 bridgehead atoms. The second-order valence-electron chi connectivity index (χ2n) is 11.2. The zero-order valence-corrected chi connectivity index (χ0v) is 23.2. The van der Waals surface area contributed by atoms with Gasteiger partial charge < -0.3 is 39.6 Å². The largest absolute Gasteiger partial charge is 0.493 e. The molecule has 6 atom stereocenters. The van der Waals surface area contributed by atoms with Crippen molar-refractivity contribution in [1.29, 1.82) is 0 Å². The minimum atomic E-state index is -1.70. The van der Waals surface area contributed by atoms with E-state index in [0.29, 0.717) is 17.9 Å². The Hall–Kier alpha value is -4.13. The lowest BCUT2D eigenvalue weighted by molar-refractivity contribution is -0.162. The Morgan fingerprint density at radius 2 is 1.88 bits per heavy atom. The van der Waals surface area contributed by atoms with E-state index >= 15 is 0 Å². The molecule has 0 saturated heterocycles. The Labute approximate surface area is 240 Å². The highest BCUT2D eigenvalue weighted by molar-refractivity contribution is 5.90. The fourth-order valence-electron chi connectivity index (χ4n) is 7.04. The number of hydrogen-bond donors (Lipinski definition) is 4. The molecule has 1 saturated carbocycles. The van der Waals surface area contributed by atoms with Gasteiger partial charge in [0.15, 0.2) is 23.7 Å². The van der Waals surface area contributed by atoms with Crippen molar-refractivity contribution in [2.45, 2.75) is 87.6 Å². The van der Waals surface area contributed by atoms with Crippen molar-refractivity contribution in [3.05, 3.63) is 35.1 Å². The van der Waals surface area contributed by atoms with Gasteiger partial charge in [0.05, 0.1) is 37.4 Å². The van der Waals surface area contributed by atoms with Gasteiger partial charge in [-0.2, -0.15) is 0 Å². The SMILES string of the molecule is COc1ccc2c3c1O[C@@H]1C(OC(=O)CCC(=O)O[C@@H](C)C(=O)N[C@@H](CC(=O)O)C(=O)O)=CC[C@]4(O)[C@@H](CCC[C@@]314)C2. The topological polar surface area (TPSA) is 195 Å². The Balaban J connectivity index is 1.23. The van der Waals surface area contributed by atoms with Gasteiger partial charge in [0.1, 0.15) is 11.8 Å². The maximum absolute atomic E-state index is 12.8. The standard InChI is InChI=1S/C29H33NO12/c1-14(26(35)30-17(27(36)37)13-20(31)32)40-21(33)7-8-22(34)41-19-9-11-29(38)16-4-3-10-28(29)23-15(12-16)5-6-18(39-2)24(23)42-25(19)28/h5-6,9,14,16-17,25,38H,3-4,7-8,10-13H2,1-2H3,(H,30,35)(H,31,32)(H,36,37)/t14-,16-,17-,25+,28+,29-/m0/s1. The average molecular weight is 588 g/mol. The third kappa shape index (κ3) is 4.75. The highest BCUT2D eigenvalue weighted by Crippen LogP contribution is 2.67. The molecule has 1 fully saturated rings. The van der Waals surface area contributed by atoms with Crippen molar-refractivity contribution < 1.29 is 58.2 Å². The number of hydrogen-bond acceptors (Lipinski definition) is 10. The first-order chi connectivity index (χ1) is 19.9. The predicted octanol–water partition coefficient (Wildman–Crippen LogP) is 1.37. The smallest absolute Gasteiger partial charge is 0.326 e. The number of methoxy groups -OCH3 is 1. The van der Waals surface area contributed by atoms with E-state index in [9.17, 15) is 29.1 Å². The fourth-order valence-corrected chi connectivity index (χ4v) is 7.04. The molecule has 1 heterocycles. The number of carbonyl (C=O) groups excluding carboxylic acids is 3. The van der Waals surface area contributed by atoms with Crippen molar-refractivity contribution in [2.75, 3.05) is 7.11 Å². The molecule has 0 unspecified atom stereocenters. The maximum Gasteiger partial charge on any atom is 0.326 e. The predicted molar refractivity (Wildman–Crippen MR) is 140 cm³/mol. The van der Waals surface area contributed by atoms with Crippen LogP contribution < -0.4 is 14.8 Å². The first-order valence-corrected chi connectivity index (χ1v) is 13.9. The van der Waals surface area contributed by atoms with E-state index < -0.39 is 71.9 Å². The van der Waals surface area contributed by atoms with Gasteiger partial charge in [-0.1, -0.05) is 12.5 Å². The van der Waals surface area contributed by atoms with Crippen LogP contribution in [-0.4, -0.2) is 76.1 Å². The second kappa shape index (κ2) is 10.9. The van der Waals surface area contributed by atoms with Crippen molar-refractivity contribution in [3.63, 3.8) is 0 Å². The second-order valence-corrected chi connectivity index (χ2v) is 11.2. The van der Waals surface area contributed by atoms with E-state index in [-0.39, 0.29) is 24.5 Å². The van der Waals surface area contributed by atoms with Gasteiger partial charge >= 0.3 is 23.9 Å². The first-order valence-electron chi connectivity index (χ1n) is 13.9. The molecule has 226 valence electrons. The van der Waals surface area contributed by atoms with Crippen LogP contribution in [0.3, 0.4) is 0 Å². The van der Waals surface area contributed by atoms with Crippen LogP contribution in [0, 0.1) is 5.92 Å². The normalized spacial score (nSPS) is 27.7. The first kappa shape index (κ1) is 29.4. The summed E-state index contributed by atoms with van der Waals surface area (Å²) >= 11 is 0. The number of rotatable bonds is 11. The number of carbonyl (C=O) groups is 5. The number of carboxylic acid groups (broad SMARTS) is 2. The molecule has 1 spiro atoms. The Morgan fingerprint density at radius 1 is 1.14 bits per heavy atom. The van der Waals surface area contributed by atoms with Crippen LogP contribution in [-0.2, 0) is 45.3 Å². The number of ether oxygens (including phenoxy) is 4.